The fraction of sp³-hybridized carbons (Fsp3) is 0.217. The number of aromatic nitrogens is 3. The number of hydrogen-bond donors (Lipinski definition) is 1. The van der Waals surface area contributed by atoms with Gasteiger partial charge in [-0.1, -0.05) is 23.4 Å². The summed E-state index contributed by atoms with van der Waals surface area (Å²) in [6.07, 6.45) is 2.20. The highest BCUT2D eigenvalue weighted by molar-refractivity contribution is 6.05. The number of nitriles is 1. The fourth-order valence-electron chi connectivity index (χ4n) is 4.10. The van der Waals surface area contributed by atoms with Gasteiger partial charge in [0.2, 0.25) is 11.8 Å². The van der Waals surface area contributed by atoms with Crippen LogP contribution >= 0.6 is 0 Å². The molecule has 10 nitrogen and oxygen atoms in total. The summed E-state index contributed by atoms with van der Waals surface area (Å²) in [6.45, 7) is 0.354. The third-order valence-electron chi connectivity index (χ3n) is 5.73. The first kappa shape index (κ1) is 20.4. The zero-order chi connectivity index (χ0) is 22.9. The molecule has 33 heavy (non-hydrogen) atoms. The van der Waals surface area contributed by atoms with E-state index in [1.165, 1.54) is 4.90 Å². The number of piperidine rings is 1. The molecular weight excluding hydrogens is 424 g/mol. The summed E-state index contributed by atoms with van der Waals surface area (Å²) in [7, 11) is 0. The predicted molar refractivity (Wildman–Crippen MR) is 113 cm³/mol. The Morgan fingerprint density at radius 1 is 1.15 bits per heavy atom. The lowest BCUT2D eigenvalue weighted by Crippen LogP contribution is -2.52. The Kier molecular flexibility index (Phi) is 5.06. The van der Waals surface area contributed by atoms with Gasteiger partial charge in [0.15, 0.2) is 0 Å². The van der Waals surface area contributed by atoms with Crippen LogP contribution < -0.4 is 10.1 Å². The number of nitrogens with zero attached hydrogens (tertiary/aromatic N) is 5. The van der Waals surface area contributed by atoms with Crippen LogP contribution in [0, 0.1) is 11.3 Å². The Balaban J connectivity index is 1.36. The molecule has 0 saturated carbocycles. The smallest absolute Gasteiger partial charge is 0.255 e. The van der Waals surface area contributed by atoms with Crippen LogP contribution in [-0.2, 0) is 22.7 Å². The molecule has 2 aromatic carbocycles. The van der Waals surface area contributed by atoms with Crippen molar-refractivity contribution in [2.45, 2.75) is 32.0 Å². The quantitative estimate of drug-likeness (QED) is 0.592. The van der Waals surface area contributed by atoms with Crippen molar-refractivity contribution in [3.8, 4) is 17.5 Å². The average Bonchev–Trinajstić information content (AvgIpc) is 3.43. The molecule has 2 aliphatic rings. The normalized spacial score (nSPS) is 17.5. The van der Waals surface area contributed by atoms with E-state index in [0.717, 1.165) is 5.56 Å². The van der Waals surface area contributed by atoms with E-state index < -0.39 is 11.9 Å². The summed E-state index contributed by atoms with van der Waals surface area (Å²) in [5.74, 6) is -0.568. The van der Waals surface area contributed by atoms with Gasteiger partial charge in [0.05, 0.1) is 17.4 Å². The summed E-state index contributed by atoms with van der Waals surface area (Å²) in [5.41, 5.74) is 2.88. The van der Waals surface area contributed by atoms with Crippen LogP contribution in [-0.4, -0.2) is 43.7 Å². The molecule has 3 heterocycles. The number of carbonyl (C=O) groups excluding carboxylic acids is 3. The Morgan fingerprint density at radius 2 is 2.00 bits per heavy atom. The fourth-order valence-corrected chi connectivity index (χ4v) is 4.10. The van der Waals surface area contributed by atoms with Crippen molar-refractivity contribution in [3.63, 3.8) is 0 Å². The molecule has 10 heteroatoms. The molecule has 1 N–H and O–H groups in total. The summed E-state index contributed by atoms with van der Waals surface area (Å²) in [6, 6.07) is 13.6. The Labute approximate surface area is 188 Å². The molecule has 1 saturated heterocycles. The van der Waals surface area contributed by atoms with Crippen molar-refractivity contribution < 1.29 is 19.1 Å². The molecule has 0 aliphatic carbocycles. The van der Waals surface area contributed by atoms with Crippen LogP contribution in [0.25, 0.3) is 5.69 Å². The molecule has 1 atom stereocenters. The van der Waals surface area contributed by atoms with Gasteiger partial charge in [0.1, 0.15) is 30.2 Å². The Morgan fingerprint density at radius 3 is 2.82 bits per heavy atom. The minimum absolute atomic E-state index is 0.120. The van der Waals surface area contributed by atoms with Gasteiger partial charge in [0.25, 0.3) is 5.91 Å². The molecule has 2 aliphatic heterocycles. The summed E-state index contributed by atoms with van der Waals surface area (Å²) in [4.78, 5) is 38.3. The number of benzene rings is 2. The number of fused-ring (bicyclic) bond motifs is 1. The molecule has 1 fully saturated rings. The first-order valence-electron chi connectivity index (χ1n) is 10.3. The second-order valence-corrected chi connectivity index (χ2v) is 7.75. The SMILES string of the molecule is N#Cc1ccccc1OCc1cn(-c2cccc3c2CN(C2CCC(=O)NC2=O)C3=O)nn1. The standard InChI is InChI=1S/C23H18N6O4/c24-10-14-4-1-2-7-20(14)33-13-15-11-29(27-26-15)18-6-3-5-16-17(18)12-28(23(16)32)19-8-9-21(30)25-22(19)31/h1-7,11,19H,8-9,12-13H2,(H,25,30,31). The number of imide groups is 1. The molecular formula is C23H18N6O4. The van der Waals surface area contributed by atoms with Crippen LogP contribution in [0.15, 0.2) is 48.7 Å². The van der Waals surface area contributed by atoms with E-state index >= 15 is 0 Å². The number of nitrogens with one attached hydrogen (secondary N) is 1. The first-order chi connectivity index (χ1) is 16.0. The summed E-state index contributed by atoms with van der Waals surface area (Å²) in [5, 5.41) is 19.8. The maximum Gasteiger partial charge on any atom is 0.255 e. The summed E-state index contributed by atoms with van der Waals surface area (Å²) < 4.78 is 7.28. The minimum atomic E-state index is -0.685. The number of carbonyl (C=O) groups is 3. The van der Waals surface area contributed by atoms with Crippen molar-refractivity contribution in [2.75, 3.05) is 0 Å². The third-order valence-corrected chi connectivity index (χ3v) is 5.73. The molecule has 1 aromatic heterocycles. The van der Waals surface area contributed by atoms with Crippen LogP contribution in [0.2, 0.25) is 0 Å². The zero-order valence-corrected chi connectivity index (χ0v) is 17.4. The van der Waals surface area contributed by atoms with Crippen molar-refractivity contribution >= 4 is 17.7 Å². The van der Waals surface area contributed by atoms with E-state index in [0.29, 0.717) is 34.7 Å². The van der Waals surface area contributed by atoms with Gasteiger partial charge in [-0.25, -0.2) is 4.68 Å². The lowest BCUT2D eigenvalue weighted by molar-refractivity contribution is -0.136. The van der Waals surface area contributed by atoms with Gasteiger partial charge >= 0.3 is 0 Å². The predicted octanol–water partition coefficient (Wildman–Crippen LogP) is 1.48. The number of amides is 3. The number of para-hydroxylation sites is 1. The molecule has 3 amide bonds. The summed E-state index contributed by atoms with van der Waals surface area (Å²) >= 11 is 0. The number of ether oxygens (including phenoxy) is 1. The van der Waals surface area contributed by atoms with Crippen molar-refractivity contribution in [2.24, 2.45) is 0 Å². The molecule has 3 aromatic rings. The van der Waals surface area contributed by atoms with Gasteiger partial charge in [-0.15, -0.1) is 5.10 Å². The highest BCUT2D eigenvalue weighted by Gasteiger charge is 2.40. The average molecular weight is 442 g/mol. The Hall–Kier alpha value is -4.52. The number of hydrogen-bond acceptors (Lipinski definition) is 7. The second kappa shape index (κ2) is 8.20. The van der Waals surface area contributed by atoms with Crippen LogP contribution in [0.3, 0.4) is 0 Å². The van der Waals surface area contributed by atoms with Crippen molar-refractivity contribution in [1.82, 2.24) is 25.2 Å². The monoisotopic (exact) mass is 442 g/mol. The Bertz CT molecular complexity index is 1320. The second-order valence-electron chi connectivity index (χ2n) is 7.75. The minimum Gasteiger partial charge on any atom is -0.486 e. The van der Waals surface area contributed by atoms with E-state index in [4.69, 9.17) is 4.74 Å². The van der Waals surface area contributed by atoms with Gasteiger partial charge in [-0.3, -0.25) is 19.7 Å². The van der Waals surface area contributed by atoms with Gasteiger partial charge in [-0.05, 0) is 30.7 Å². The molecule has 164 valence electrons. The van der Waals surface area contributed by atoms with E-state index in [2.05, 4.69) is 21.7 Å². The van der Waals surface area contributed by atoms with Crippen molar-refractivity contribution in [1.29, 1.82) is 5.26 Å². The van der Waals surface area contributed by atoms with Crippen LogP contribution in [0.1, 0.15) is 40.0 Å². The van der Waals surface area contributed by atoms with Crippen LogP contribution in [0.4, 0.5) is 0 Å². The molecule has 5 rings (SSSR count). The lowest BCUT2D eigenvalue weighted by Gasteiger charge is -2.29. The van der Waals surface area contributed by atoms with Crippen LogP contribution in [0.5, 0.6) is 5.75 Å². The van der Waals surface area contributed by atoms with E-state index in [1.54, 1.807) is 47.3 Å². The van der Waals surface area contributed by atoms with Crippen molar-refractivity contribution in [3.05, 3.63) is 71.0 Å². The maximum absolute atomic E-state index is 13.0. The van der Waals surface area contributed by atoms with Gasteiger partial charge in [-0.2, -0.15) is 5.26 Å². The maximum atomic E-state index is 13.0. The molecule has 0 spiro atoms. The lowest BCUT2D eigenvalue weighted by atomic mass is 10.0. The van der Waals surface area contributed by atoms with E-state index in [1.807, 2.05) is 6.07 Å². The zero-order valence-electron chi connectivity index (χ0n) is 17.4. The highest BCUT2D eigenvalue weighted by Crippen LogP contribution is 2.31. The topological polar surface area (TPSA) is 130 Å². The van der Waals surface area contributed by atoms with Gasteiger partial charge in [0, 0.05) is 24.1 Å². The molecule has 0 bridgehead atoms. The van der Waals surface area contributed by atoms with E-state index in [-0.39, 0.29) is 31.4 Å². The largest absolute Gasteiger partial charge is 0.486 e. The molecule has 0 radical (unpaired) electrons. The first-order valence-corrected chi connectivity index (χ1v) is 10.3. The number of rotatable bonds is 5. The van der Waals surface area contributed by atoms with E-state index in [9.17, 15) is 19.6 Å². The highest BCUT2D eigenvalue weighted by atomic mass is 16.5. The third kappa shape index (κ3) is 3.70. The molecule has 1 unspecified atom stereocenters. The van der Waals surface area contributed by atoms with Gasteiger partial charge < -0.3 is 9.64 Å².